The van der Waals surface area contributed by atoms with Gasteiger partial charge in [-0.1, -0.05) is 56.3 Å². The molecular formula is C29H30N2O4. The van der Waals surface area contributed by atoms with E-state index in [2.05, 4.69) is 13.8 Å². The number of esters is 1. The molecule has 6 nitrogen and oxygen atoms in total. The molecule has 35 heavy (non-hydrogen) atoms. The summed E-state index contributed by atoms with van der Waals surface area (Å²) in [6.45, 7) is 6.62. The maximum Gasteiger partial charge on any atom is 0.352 e. The number of rotatable bonds is 9. The summed E-state index contributed by atoms with van der Waals surface area (Å²) >= 11 is 0. The zero-order valence-electron chi connectivity index (χ0n) is 20.4. The van der Waals surface area contributed by atoms with Gasteiger partial charge in [-0.15, -0.1) is 0 Å². The molecule has 0 saturated heterocycles. The van der Waals surface area contributed by atoms with Gasteiger partial charge in [-0.05, 0) is 49.6 Å². The van der Waals surface area contributed by atoms with Gasteiger partial charge in [0.1, 0.15) is 5.75 Å². The maximum absolute atomic E-state index is 12.8. The van der Waals surface area contributed by atoms with Crippen molar-refractivity contribution >= 4 is 16.9 Å². The average Bonchev–Trinajstić information content (AvgIpc) is 2.89. The highest BCUT2D eigenvalue weighted by Crippen LogP contribution is 2.25. The minimum absolute atomic E-state index is 0.0559. The second kappa shape index (κ2) is 11.0. The van der Waals surface area contributed by atoms with Crippen molar-refractivity contribution in [2.75, 3.05) is 6.61 Å². The topological polar surface area (TPSA) is 70.4 Å². The predicted molar refractivity (Wildman–Crippen MR) is 137 cm³/mol. The lowest BCUT2D eigenvalue weighted by molar-refractivity contribution is -0.151. The molecule has 0 aliphatic heterocycles. The molecular weight excluding hydrogens is 440 g/mol. The molecule has 0 N–H and O–H groups in total. The summed E-state index contributed by atoms with van der Waals surface area (Å²) in [6.07, 6.45) is 0.758. The standard InChI is InChI=1S/C29H30N2O4/c1-4-22-18-26-24(25(5-2)30-22)16-17-27(32)31(26)19-20-12-14-23(15-13-20)35-28(29(33)34-6-3)21-10-8-7-9-11-21/h7-18,28H,4-6,19H2,1-3H3. The number of carbonyl (C=O) groups excluding carboxylic acids is 1. The molecule has 2 aromatic carbocycles. The zero-order valence-corrected chi connectivity index (χ0v) is 20.4. The zero-order chi connectivity index (χ0) is 24.8. The number of hydrogen-bond donors (Lipinski definition) is 0. The number of nitrogens with zero attached hydrogens (tertiary/aromatic N) is 2. The Labute approximate surface area is 205 Å². The van der Waals surface area contributed by atoms with E-state index in [0.717, 1.165) is 46.3 Å². The minimum Gasteiger partial charge on any atom is -0.474 e. The first kappa shape index (κ1) is 24.2. The van der Waals surface area contributed by atoms with Crippen LogP contribution >= 0.6 is 0 Å². The lowest BCUT2D eigenvalue weighted by Crippen LogP contribution is -2.22. The normalized spacial score (nSPS) is 11.9. The average molecular weight is 471 g/mol. The monoisotopic (exact) mass is 470 g/mol. The summed E-state index contributed by atoms with van der Waals surface area (Å²) in [5.41, 5.74) is 4.50. The first-order chi connectivity index (χ1) is 17.0. The predicted octanol–water partition coefficient (Wildman–Crippen LogP) is 5.25. The van der Waals surface area contributed by atoms with Gasteiger partial charge < -0.3 is 14.0 Å². The van der Waals surface area contributed by atoms with E-state index in [4.69, 9.17) is 14.5 Å². The smallest absolute Gasteiger partial charge is 0.352 e. The first-order valence-electron chi connectivity index (χ1n) is 12.0. The Morgan fingerprint density at radius 1 is 0.943 bits per heavy atom. The number of carbonyl (C=O) groups is 1. The van der Waals surface area contributed by atoms with E-state index >= 15 is 0 Å². The van der Waals surface area contributed by atoms with E-state index < -0.39 is 12.1 Å². The van der Waals surface area contributed by atoms with Crippen molar-refractivity contribution in [2.45, 2.75) is 46.3 Å². The van der Waals surface area contributed by atoms with E-state index in [0.29, 0.717) is 12.3 Å². The van der Waals surface area contributed by atoms with Crippen LogP contribution in [0.15, 0.2) is 77.6 Å². The fourth-order valence-electron chi connectivity index (χ4n) is 4.12. The van der Waals surface area contributed by atoms with Crippen LogP contribution in [0.2, 0.25) is 0 Å². The molecule has 1 unspecified atom stereocenters. The molecule has 2 aromatic heterocycles. The van der Waals surface area contributed by atoms with Crippen molar-refractivity contribution in [1.82, 2.24) is 9.55 Å². The van der Waals surface area contributed by atoms with Gasteiger partial charge in [0.25, 0.3) is 5.56 Å². The van der Waals surface area contributed by atoms with Crippen LogP contribution in [0.5, 0.6) is 5.75 Å². The van der Waals surface area contributed by atoms with Crippen molar-refractivity contribution in [1.29, 1.82) is 0 Å². The van der Waals surface area contributed by atoms with E-state index in [-0.39, 0.29) is 12.2 Å². The molecule has 180 valence electrons. The second-order valence-corrected chi connectivity index (χ2v) is 8.26. The summed E-state index contributed by atoms with van der Waals surface area (Å²) in [7, 11) is 0. The Kier molecular flexibility index (Phi) is 7.60. The summed E-state index contributed by atoms with van der Waals surface area (Å²) < 4.78 is 13.0. The van der Waals surface area contributed by atoms with Crippen LogP contribution in [0.3, 0.4) is 0 Å². The van der Waals surface area contributed by atoms with Crippen molar-refractivity contribution < 1.29 is 14.3 Å². The fraction of sp³-hybridized carbons (Fsp3) is 0.276. The Morgan fingerprint density at radius 3 is 2.34 bits per heavy atom. The maximum atomic E-state index is 12.8. The fourth-order valence-corrected chi connectivity index (χ4v) is 4.12. The van der Waals surface area contributed by atoms with Crippen LogP contribution < -0.4 is 10.3 Å². The Morgan fingerprint density at radius 2 is 1.69 bits per heavy atom. The third-order valence-corrected chi connectivity index (χ3v) is 5.94. The lowest BCUT2D eigenvalue weighted by Gasteiger charge is -2.18. The van der Waals surface area contributed by atoms with Gasteiger partial charge in [-0.3, -0.25) is 9.78 Å². The third-order valence-electron chi connectivity index (χ3n) is 5.94. The molecule has 4 rings (SSSR count). The highest BCUT2D eigenvalue weighted by atomic mass is 16.6. The molecule has 0 bridgehead atoms. The second-order valence-electron chi connectivity index (χ2n) is 8.26. The molecule has 0 saturated carbocycles. The van der Waals surface area contributed by atoms with Gasteiger partial charge in [0, 0.05) is 28.4 Å². The number of ether oxygens (including phenoxy) is 2. The van der Waals surface area contributed by atoms with Crippen LogP contribution in [0, 0.1) is 0 Å². The van der Waals surface area contributed by atoms with Crippen LogP contribution in [0.1, 0.15) is 49.4 Å². The quantitative estimate of drug-likeness (QED) is 0.312. The van der Waals surface area contributed by atoms with Crippen molar-refractivity contribution in [2.24, 2.45) is 0 Å². The molecule has 0 spiro atoms. The highest BCUT2D eigenvalue weighted by molar-refractivity contribution is 5.82. The number of aryl methyl sites for hydroxylation is 2. The molecule has 0 aliphatic rings. The van der Waals surface area contributed by atoms with Crippen LogP contribution in [-0.4, -0.2) is 22.1 Å². The van der Waals surface area contributed by atoms with Crippen LogP contribution in [0.4, 0.5) is 0 Å². The Balaban J connectivity index is 1.62. The minimum atomic E-state index is -0.852. The van der Waals surface area contributed by atoms with Gasteiger partial charge in [-0.25, -0.2) is 4.79 Å². The number of benzene rings is 2. The molecule has 0 radical (unpaired) electrons. The number of hydrogen-bond acceptors (Lipinski definition) is 5. The van der Waals surface area contributed by atoms with Crippen LogP contribution in [-0.2, 0) is 28.9 Å². The molecule has 6 heteroatoms. The SMILES string of the molecule is CCOC(=O)C(Oc1ccc(Cn2c(=O)ccc3c(CC)nc(CC)cc32)cc1)c1ccccc1. The summed E-state index contributed by atoms with van der Waals surface area (Å²) in [6, 6.07) is 22.2. The van der Waals surface area contributed by atoms with Gasteiger partial charge in [0.2, 0.25) is 6.10 Å². The van der Waals surface area contributed by atoms with E-state index in [9.17, 15) is 9.59 Å². The van der Waals surface area contributed by atoms with Crippen molar-refractivity contribution in [3.63, 3.8) is 0 Å². The largest absolute Gasteiger partial charge is 0.474 e. The number of aromatic nitrogens is 2. The van der Waals surface area contributed by atoms with Gasteiger partial charge in [-0.2, -0.15) is 0 Å². The Bertz CT molecular complexity index is 1360. The molecule has 0 amide bonds. The first-order valence-corrected chi connectivity index (χ1v) is 12.0. The van der Waals surface area contributed by atoms with Crippen LogP contribution in [0.25, 0.3) is 10.9 Å². The van der Waals surface area contributed by atoms with Gasteiger partial charge >= 0.3 is 5.97 Å². The number of fused-ring (bicyclic) bond motifs is 1. The van der Waals surface area contributed by atoms with Crippen molar-refractivity contribution in [3.8, 4) is 5.75 Å². The van der Waals surface area contributed by atoms with E-state index in [1.54, 1.807) is 17.6 Å². The molecule has 0 fully saturated rings. The summed E-state index contributed by atoms with van der Waals surface area (Å²) in [5.74, 6) is 0.115. The van der Waals surface area contributed by atoms with Gasteiger partial charge in [0.15, 0.2) is 0 Å². The summed E-state index contributed by atoms with van der Waals surface area (Å²) in [5, 5.41) is 1.00. The lowest BCUT2D eigenvalue weighted by atomic mass is 10.1. The van der Waals surface area contributed by atoms with E-state index in [1.807, 2.05) is 66.7 Å². The van der Waals surface area contributed by atoms with Crippen molar-refractivity contribution in [3.05, 3.63) is 106 Å². The Hall–Kier alpha value is -3.93. The molecule has 2 heterocycles. The summed E-state index contributed by atoms with van der Waals surface area (Å²) in [4.78, 5) is 30.1. The molecule has 4 aromatic rings. The number of pyridine rings is 2. The molecule has 0 aliphatic carbocycles. The van der Waals surface area contributed by atoms with Gasteiger partial charge in [0.05, 0.1) is 18.7 Å². The van der Waals surface area contributed by atoms with E-state index in [1.165, 1.54) is 0 Å². The highest BCUT2D eigenvalue weighted by Gasteiger charge is 2.24. The molecule has 1 atom stereocenters. The third kappa shape index (κ3) is 5.43.